The first kappa shape index (κ1) is 11.5. The number of carboxylic acid groups (broad SMARTS) is 1. The Kier molecular flexibility index (Phi) is 3.30. The van der Waals surface area contributed by atoms with Gasteiger partial charge in [0.15, 0.2) is 6.73 Å². The summed E-state index contributed by atoms with van der Waals surface area (Å²) in [4.78, 5) is 10.8. The maximum absolute atomic E-state index is 10.8. The van der Waals surface area contributed by atoms with Gasteiger partial charge >= 0.3 is 5.97 Å². The minimum absolute atomic E-state index is 0.0380. The summed E-state index contributed by atoms with van der Waals surface area (Å²) >= 11 is 5.73. The third-order valence-electron chi connectivity index (χ3n) is 2.10. The number of benzene rings is 1. The van der Waals surface area contributed by atoms with Crippen molar-refractivity contribution in [2.24, 2.45) is 0 Å². The SMILES string of the molecule is O=C(O)c1ccnn1COc1ccc(Cl)cc1. The molecule has 1 heterocycles. The zero-order valence-corrected chi connectivity index (χ0v) is 9.46. The van der Waals surface area contributed by atoms with E-state index in [0.29, 0.717) is 10.8 Å². The molecule has 0 aliphatic heterocycles. The number of carboxylic acids is 1. The molecule has 0 saturated heterocycles. The average molecular weight is 253 g/mol. The molecule has 0 atom stereocenters. The molecule has 0 bridgehead atoms. The van der Waals surface area contributed by atoms with E-state index < -0.39 is 5.97 Å². The molecule has 88 valence electrons. The highest BCUT2D eigenvalue weighted by molar-refractivity contribution is 6.30. The molecule has 0 unspecified atom stereocenters. The molecule has 6 heteroatoms. The van der Waals surface area contributed by atoms with E-state index in [1.54, 1.807) is 24.3 Å². The number of hydrogen-bond acceptors (Lipinski definition) is 3. The Morgan fingerprint density at radius 3 is 2.71 bits per heavy atom. The standard InChI is InChI=1S/C11H9ClN2O3/c12-8-1-3-9(4-2-8)17-7-14-10(11(15)16)5-6-13-14/h1-6H,7H2,(H,15,16). The second-order valence-electron chi connectivity index (χ2n) is 3.25. The molecule has 0 fully saturated rings. The molecule has 0 aliphatic rings. The molecule has 0 amide bonds. The van der Waals surface area contributed by atoms with Crippen LogP contribution in [0.5, 0.6) is 5.75 Å². The molecule has 1 aromatic carbocycles. The van der Waals surface area contributed by atoms with Crippen molar-refractivity contribution in [2.45, 2.75) is 6.73 Å². The number of rotatable bonds is 4. The van der Waals surface area contributed by atoms with Crippen molar-refractivity contribution in [2.75, 3.05) is 0 Å². The third-order valence-corrected chi connectivity index (χ3v) is 2.35. The molecular formula is C11H9ClN2O3. The van der Waals surface area contributed by atoms with Crippen molar-refractivity contribution < 1.29 is 14.6 Å². The highest BCUT2D eigenvalue weighted by Crippen LogP contribution is 2.16. The van der Waals surface area contributed by atoms with Gasteiger partial charge in [-0.1, -0.05) is 11.6 Å². The lowest BCUT2D eigenvalue weighted by Gasteiger charge is -2.07. The number of hydrogen-bond donors (Lipinski definition) is 1. The summed E-state index contributed by atoms with van der Waals surface area (Å²) < 4.78 is 6.64. The van der Waals surface area contributed by atoms with E-state index in [0.717, 1.165) is 0 Å². The van der Waals surface area contributed by atoms with Crippen molar-refractivity contribution in [3.8, 4) is 5.75 Å². The Hall–Kier alpha value is -2.01. The van der Waals surface area contributed by atoms with Gasteiger partial charge in [-0.05, 0) is 30.3 Å². The number of carbonyl (C=O) groups is 1. The van der Waals surface area contributed by atoms with Crippen molar-refractivity contribution in [1.82, 2.24) is 9.78 Å². The molecular weight excluding hydrogens is 244 g/mol. The topological polar surface area (TPSA) is 64.3 Å². The first-order chi connectivity index (χ1) is 8.16. The summed E-state index contributed by atoms with van der Waals surface area (Å²) in [5.41, 5.74) is 0.0824. The second kappa shape index (κ2) is 4.88. The summed E-state index contributed by atoms with van der Waals surface area (Å²) in [5, 5.41) is 13.3. The minimum Gasteiger partial charge on any atom is -0.477 e. The smallest absolute Gasteiger partial charge is 0.354 e. The Labute approximate surface area is 102 Å². The van der Waals surface area contributed by atoms with E-state index in [2.05, 4.69) is 5.10 Å². The van der Waals surface area contributed by atoms with Gasteiger partial charge in [-0.25, -0.2) is 9.48 Å². The van der Waals surface area contributed by atoms with E-state index in [1.807, 2.05) is 0 Å². The molecule has 1 aromatic heterocycles. The maximum atomic E-state index is 10.8. The van der Waals surface area contributed by atoms with Gasteiger partial charge in [0.2, 0.25) is 0 Å². The average Bonchev–Trinajstić information content (AvgIpc) is 2.76. The van der Waals surface area contributed by atoms with Crippen LogP contribution in [0.15, 0.2) is 36.5 Å². The van der Waals surface area contributed by atoms with Crippen LogP contribution in [0.25, 0.3) is 0 Å². The van der Waals surface area contributed by atoms with Gasteiger partial charge in [0.05, 0.1) is 0 Å². The molecule has 0 aliphatic carbocycles. The van der Waals surface area contributed by atoms with Gasteiger partial charge in [0.25, 0.3) is 0 Å². The molecule has 2 aromatic rings. The van der Waals surface area contributed by atoms with Crippen molar-refractivity contribution in [3.05, 3.63) is 47.2 Å². The quantitative estimate of drug-likeness (QED) is 0.907. The van der Waals surface area contributed by atoms with E-state index in [1.165, 1.54) is 16.9 Å². The van der Waals surface area contributed by atoms with Crippen LogP contribution in [0.4, 0.5) is 0 Å². The van der Waals surface area contributed by atoms with Crippen LogP contribution in [-0.2, 0) is 6.73 Å². The molecule has 2 rings (SSSR count). The van der Waals surface area contributed by atoms with E-state index in [4.69, 9.17) is 21.4 Å². The summed E-state index contributed by atoms with van der Waals surface area (Å²) in [5.74, 6) is -0.441. The number of aromatic nitrogens is 2. The molecule has 0 saturated carbocycles. The van der Waals surface area contributed by atoms with Crippen molar-refractivity contribution in [3.63, 3.8) is 0 Å². The second-order valence-corrected chi connectivity index (χ2v) is 3.68. The number of ether oxygens (including phenoxy) is 1. The minimum atomic E-state index is -1.04. The normalized spacial score (nSPS) is 10.2. The summed E-state index contributed by atoms with van der Waals surface area (Å²) in [6, 6.07) is 8.20. The van der Waals surface area contributed by atoms with E-state index >= 15 is 0 Å². The largest absolute Gasteiger partial charge is 0.477 e. The Morgan fingerprint density at radius 1 is 1.35 bits per heavy atom. The Bertz CT molecular complexity index is 522. The van der Waals surface area contributed by atoms with E-state index in [9.17, 15) is 4.79 Å². The molecule has 0 spiro atoms. The highest BCUT2D eigenvalue weighted by atomic mass is 35.5. The predicted octanol–water partition coefficient (Wildman–Crippen LogP) is 2.27. The number of aromatic carboxylic acids is 1. The molecule has 0 radical (unpaired) electrons. The lowest BCUT2D eigenvalue weighted by Crippen LogP contribution is -2.13. The van der Waals surface area contributed by atoms with Crippen molar-refractivity contribution >= 4 is 17.6 Å². The maximum Gasteiger partial charge on any atom is 0.354 e. The molecule has 1 N–H and O–H groups in total. The summed E-state index contributed by atoms with van der Waals surface area (Å²) in [6.45, 7) is 0.0380. The molecule has 5 nitrogen and oxygen atoms in total. The fourth-order valence-corrected chi connectivity index (χ4v) is 1.41. The fraction of sp³-hybridized carbons (Fsp3) is 0.0909. The van der Waals surface area contributed by atoms with Crippen LogP contribution < -0.4 is 4.74 Å². The van der Waals surface area contributed by atoms with Crippen LogP contribution >= 0.6 is 11.6 Å². The highest BCUT2D eigenvalue weighted by Gasteiger charge is 2.09. The van der Waals surface area contributed by atoms with Crippen LogP contribution in [0.3, 0.4) is 0 Å². The van der Waals surface area contributed by atoms with Gasteiger partial charge in [0.1, 0.15) is 11.4 Å². The first-order valence-corrected chi connectivity index (χ1v) is 5.18. The lowest BCUT2D eigenvalue weighted by atomic mass is 10.3. The lowest BCUT2D eigenvalue weighted by molar-refractivity contribution is 0.0673. The van der Waals surface area contributed by atoms with Gasteiger partial charge in [-0.3, -0.25) is 0 Å². The van der Waals surface area contributed by atoms with Crippen LogP contribution in [0, 0.1) is 0 Å². The van der Waals surface area contributed by atoms with Gasteiger partial charge in [-0.2, -0.15) is 5.10 Å². The van der Waals surface area contributed by atoms with Crippen LogP contribution in [0.2, 0.25) is 5.02 Å². The molecule has 17 heavy (non-hydrogen) atoms. The fourth-order valence-electron chi connectivity index (χ4n) is 1.28. The predicted molar refractivity (Wildman–Crippen MR) is 61.3 cm³/mol. The Balaban J connectivity index is 2.05. The summed E-state index contributed by atoms with van der Waals surface area (Å²) in [7, 11) is 0. The first-order valence-electron chi connectivity index (χ1n) is 4.80. The number of halogens is 1. The summed E-state index contributed by atoms with van der Waals surface area (Å²) in [6.07, 6.45) is 1.41. The Morgan fingerprint density at radius 2 is 2.06 bits per heavy atom. The van der Waals surface area contributed by atoms with E-state index in [-0.39, 0.29) is 12.4 Å². The van der Waals surface area contributed by atoms with Gasteiger partial charge in [-0.15, -0.1) is 0 Å². The number of nitrogens with zero attached hydrogens (tertiary/aromatic N) is 2. The van der Waals surface area contributed by atoms with Crippen LogP contribution in [0.1, 0.15) is 10.5 Å². The monoisotopic (exact) mass is 252 g/mol. The third kappa shape index (κ3) is 2.76. The van der Waals surface area contributed by atoms with Gasteiger partial charge in [0, 0.05) is 11.2 Å². The zero-order chi connectivity index (χ0) is 12.3. The van der Waals surface area contributed by atoms with Crippen LogP contribution in [-0.4, -0.2) is 20.9 Å². The van der Waals surface area contributed by atoms with Gasteiger partial charge < -0.3 is 9.84 Å². The van der Waals surface area contributed by atoms with Crippen molar-refractivity contribution in [1.29, 1.82) is 0 Å². The zero-order valence-electron chi connectivity index (χ0n) is 8.71.